The van der Waals surface area contributed by atoms with E-state index < -0.39 is 15.4 Å². The lowest BCUT2D eigenvalue weighted by Gasteiger charge is -2.35. The number of esters is 1. The zero-order valence-electron chi connectivity index (χ0n) is 33.1. The number of carbonyl (C=O) groups excluding carboxylic acids is 1. The van der Waals surface area contributed by atoms with Crippen LogP contribution in [0.2, 0.25) is 0 Å². The van der Waals surface area contributed by atoms with Gasteiger partial charge < -0.3 is 20.7 Å². The number of fused-ring (bicyclic) bond motifs is 1. The summed E-state index contributed by atoms with van der Waals surface area (Å²) in [4.78, 5) is 13.4. The lowest BCUT2D eigenvalue weighted by atomic mass is 9.82. The molecule has 2 unspecified atom stereocenters. The maximum absolute atomic E-state index is 13.3. The number of hydrogen-bond acceptors (Lipinski definition) is 7. The monoisotopic (exact) mass is 780 g/mol. The fourth-order valence-corrected chi connectivity index (χ4v) is 8.26. The van der Waals surface area contributed by atoms with Crippen LogP contribution >= 0.6 is 0 Å². The highest BCUT2D eigenvalue weighted by atomic mass is 32.2. The number of rotatable bonds is 14. The number of carbonyl (C=O) groups is 1. The van der Waals surface area contributed by atoms with E-state index in [1.807, 2.05) is 87.5 Å². The molecule has 1 aliphatic carbocycles. The van der Waals surface area contributed by atoms with E-state index in [4.69, 9.17) is 4.74 Å². The maximum Gasteiger partial charge on any atom is 0.311 e. The topological polar surface area (TPSA) is 109 Å². The highest BCUT2D eigenvalue weighted by molar-refractivity contribution is 7.89. The van der Waals surface area contributed by atoms with Crippen molar-refractivity contribution in [3.05, 3.63) is 156 Å². The van der Waals surface area contributed by atoms with Gasteiger partial charge in [-0.2, -0.15) is 0 Å². The molecule has 2 atom stereocenters. The molecule has 294 valence electrons. The van der Waals surface area contributed by atoms with Crippen LogP contribution in [0.1, 0.15) is 75.5 Å². The number of nitrogens with one attached hydrogen (secondary N) is 4. The summed E-state index contributed by atoms with van der Waals surface area (Å²) in [5.41, 5.74) is 7.30. The van der Waals surface area contributed by atoms with Gasteiger partial charge in [-0.05, 0) is 135 Å². The quantitative estimate of drug-likeness (QED) is 0.0644. The van der Waals surface area contributed by atoms with Crippen molar-refractivity contribution in [1.82, 2.24) is 4.72 Å². The SMILES string of the molecule is CCC(C)(C)C(=O)OC1CCCCC1Nc1ccc(C(c2ccc(Nc3ccccc3)cc2)c2ccc(Nc3ccccc3)cc2)c2cc(S(=O)(=O)NC)ccc12. The van der Waals surface area contributed by atoms with E-state index in [0.29, 0.717) is 6.42 Å². The van der Waals surface area contributed by atoms with E-state index in [1.54, 1.807) is 12.1 Å². The molecule has 0 radical (unpaired) electrons. The number of sulfonamides is 1. The molecule has 1 aliphatic rings. The second-order valence-electron chi connectivity index (χ2n) is 15.5. The van der Waals surface area contributed by atoms with Crippen LogP contribution in [0.25, 0.3) is 10.8 Å². The van der Waals surface area contributed by atoms with Crippen molar-refractivity contribution in [2.45, 2.75) is 75.8 Å². The first-order valence-electron chi connectivity index (χ1n) is 19.9. The first kappa shape index (κ1) is 39.6. The average Bonchev–Trinajstić information content (AvgIpc) is 3.24. The molecule has 0 spiro atoms. The third-order valence-electron chi connectivity index (χ3n) is 11.3. The van der Waals surface area contributed by atoms with Crippen LogP contribution in [-0.2, 0) is 19.6 Å². The van der Waals surface area contributed by atoms with Gasteiger partial charge in [0, 0.05) is 39.7 Å². The molecule has 0 heterocycles. The molecule has 8 nitrogen and oxygen atoms in total. The minimum Gasteiger partial charge on any atom is -0.460 e. The molecule has 6 aromatic rings. The minimum atomic E-state index is -3.76. The number of benzene rings is 6. The Balaban J connectivity index is 1.32. The third-order valence-corrected chi connectivity index (χ3v) is 12.7. The highest BCUT2D eigenvalue weighted by Crippen LogP contribution is 2.41. The zero-order valence-corrected chi connectivity index (χ0v) is 33.9. The zero-order chi connectivity index (χ0) is 40.0. The molecule has 0 bridgehead atoms. The van der Waals surface area contributed by atoms with Gasteiger partial charge in [0.25, 0.3) is 0 Å². The van der Waals surface area contributed by atoms with Crippen LogP contribution < -0.4 is 20.7 Å². The Bertz CT molecular complexity index is 2320. The molecule has 7 rings (SSSR count). The molecule has 57 heavy (non-hydrogen) atoms. The minimum absolute atomic E-state index is 0.0877. The van der Waals surface area contributed by atoms with E-state index in [2.05, 4.69) is 81.3 Å². The van der Waals surface area contributed by atoms with Crippen LogP contribution in [0.5, 0.6) is 0 Å². The summed E-state index contributed by atoms with van der Waals surface area (Å²) in [6.07, 6.45) is 4.09. The summed E-state index contributed by atoms with van der Waals surface area (Å²) < 4.78 is 35.3. The second kappa shape index (κ2) is 17.2. The van der Waals surface area contributed by atoms with Crippen molar-refractivity contribution in [2.75, 3.05) is 23.0 Å². The first-order valence-corrected chi connectivity index (χ1v) is 21.3. The Hall–Kier alpha value is -5.64. The van der Waals surface area contributed by atoms with Crippen LogP contribution in [-0.4, -0.2) is 33.6 Å². The second-order valence-corrected chi connectivity index (χ2v) is 17.4. The van der Waals surface area contributed by atoms with Crippen molar-refractivity contribution in [1.29, 1.82) is 0 Å². The number of hydrogen-bond donors (Lipinski definition) is 4. The average molecular weight is 781 g/mol. The molecule has 6 aromatic carbocycles. The molecule has 0 saturated heterocycles. The van der Waals surface area contributed by atoms with Gasteiger partial charge in [0.1, 0.15) is 6.10 Å². The summed E-state index contributed by atoms with van der Waals surface area (Å²) >= 11 is 0. The lowest BCUT2D eigenvalue weighted by Crippen LogP contribution is -2.42. The van der Waals surface area contributed by atoms with E-state index in [0.717, 1.165) is 81.6 Å². The third kappa shape index (κ3) is 9.17. The number of para-hydroxylation sites is 2. The molecule has 0 aromatic heterocycles. The highest BCUT2D eigenvalue weighted by Gasteiger charge is 2.34. The Morgan fingerprint density at radius 1 is 0.702 bits per heavy atom. The Morgan fingerprint density at radius 3 is 1.79 bits per heavy atom. The van der Waals surface area contributed by atoms with Gasteiger partial charge in [-0.15, -0.1) is 0 Å². The fraction of sp³-hybridized carbons (Fsp3) is 0.271. The molecule has 0 amide bonds. The van der Waals surface area contributed by atoms with Crippen molar-refractivity contribution in [3.8, 4) is 0 Å². The largest absolute Gasteiger partial charge is 0.460 e. The van der Waals surface area contributed by atoms with Gasteiger partial charge in [0.15, 0.2) is 0 Å². The molecular weight excluding hydrogens is 729 g/mol. The molecule has 1 saturated carbocycles. The van der Waals surface area contributed by atoms with Crippen LogP contribution in [0.3, 0.4) is 0 Å². The summed E-state index contributed by atoms with van der Waals surface area (Å²) in [6.45, 7) is 5.87. The number of ether oxygens (including phenoxy) is 1. The van der Waals surface area contributed by atoms with Gasteiger partial charge in [-0.1, -0.05) is 86.1 Å². The number of anilines is 5. The predicted molar refractivity (Wildman–Crippen MR) is 233 cm³/mol. The standard InChI is InChI=1S/C48H52N4O4S/c1-5-48(2,3)47(53)56-45-19-13-12-18-44(45)52-43-31-30-41(42-32-39(28-29-40(42)43)57(54,55)49-4)46(33-20-24-37(25-21-33)50-35-14-8-6-9-15-35)34-22-26-38(27-23-34)51-36-16-10-7-11-17-36/h6-11,14-17,20-32,44-46,49-52H,5,12-13,18-19H2,1-4H3. The summed E-state index contributed by atoms with van der Waals surface area (Å²) in [6, 6.07) is 46.5. The summed E-state index contributed by atoms with van der Waals surface area (Å²) in [5.74, 6) is -0.422. The van der Waals surface area contributed by atoms with Crippen molar-refractivity contribution >= 4 is 55.2 Å². The van der Waals surface area contributed by atoms with Gasteiger partial charge in [0.2, 0.25) is 10.0 Å². The first-order chi connectivity index (χ1) is 27.5. The van der Waals surface area contributed by atoms with Gasteiger partial charge >= 0.3 is 5.97 Å². The van der Waals surface area contributed by atoms with E-state index >= 15 is 0 Å². The van der Waals surface area contributed by atoms with Crippen molar-refractivity contribution in [3.63, 3.8) is 0 Å². The smallest absolute Gasteiger partial charge is 0.311 e. The van der Waals surface area contributed by atoms with E-state index in [1.165, 1.54) is 7.05 Å². The molecule has 0 aliphatic heterocycles. The molecule has 1 fully saturated rings. The van der Waals surface area contributed by atoms with Crippen LogP contribution in [0, 0.1) is 5.41 Å². The molecule has 9 heteroatoms. The van der Waals surface area contributed by atoms with Gasteiger partial charge in [-0.3, -0.25) is 4.79 Å². The van der Waals surface area contributed by atoms with E-state index in [9.17, 15) is 13.2 Å². The van der Waals surface area contributed by atoms with Crippen LogP contribution in [0.15, 0.2) is 144 Å². The molecule has 4 N–H and O–H groups in total. The fourth-order valence-electron chi connectivity index (χ4n) is 7.50. The lowest BCUT2D eigenvalue weighted by molar-refractivity contribution is -0.161. The normalized spacial score (nSPS) is 15.9. The molecular formula is C48H52N4O4S. The van der Waals surface area contributed by atoms with Gasteiger partial charge in [0.05, 0.1) is 16.4 Å². The summed E-state index contributed by atoms with van der Waals surface area (Å²) in [5, 5.41) is 12.5. The van der Waals surface area contributed by atoms with Crippen LogP contribution in [0.4, 0.5) is 28.4 Å². The maximum atomic E-state index is 13.3. The Labute approximate surface area is 337 Å². The van der Waals surface area contributed by atoms with Crippen molar-refractivity contribution < 1.29 is 17.9 Å². The Morgan fingerprint density at radius 2 is 1.25 bits per heavy atom. The van der Waals surface area contributed by atoms with Crippen molar-refractivity contribution in [2.24, 2.45) is 5.41 Å². The van der Waals surface area contributed by atoms with E-state index in [-0.39, 0.29) is 28.9 Å². The Kier molecular flexibility index (Phi) is 12.0. The predicted octanol–water partition coefficient (Wildman–Crippen LogP) is 11.1. The van der Waals surface area contributed by atoms with Gasteiger partial charge in [-0.25, -0.2) is 13.1 Å². The summed E-state index contributed by atoms with van der Waals surface area (Å²) in [7, 11) is -2.32.